The molecule has 1 saturated heterocycles. The Balaban J connectivity index is 2.02. The Morgan fingerprint density at radius 3 is 2.55 bits per heavy atom. The van der Waals surface area contributed by atoms with Crippen LogP contribution in [0.1, 0.15) is 51.6 Å². The topological polar surface area (TPSA) is 41.6 Å². The average molecular weight is 408 g/mol. The van der Waals surface area contributed by atoms with E-state index in [0.29, 0.717) is 17.7 Å². The van der Waals surface area contributed by atoms with Gasteiger partial charge in [-0.15, -0.1) is 0 Å². The number of hydrazine groups is 1. The van der Waals surface area contributed by atoms with Gasteiger partial charge in [-0.05, 0) is 43.4 Å². The molecule has 2 aromatic rings. The molecule has 0 unspecified atom stereocenters. The minimum Gasteiger partial charge on any atom is -0.493 e. The van der Waals surface area contributed by atoms with Gasteiger partial charge in [0.15, 0.2) is 0 Å². The Morgan fingerprint density at radius 1 is 1.21 bits per heavy atom. The zero-order chi connectivity index (χ0) is 21.2. The third-order valence-electron chi connectivity index (χ3n) is 5.21. The maximum absolute atomic E-state index is 14.1. The molecule has 0 saturated carbocycles. The smallest absolute Gasteiger partial charge is 0.409 e. The minimum absolute atomic E-state index is 0.0322. The highest BCUT2D eigenvalue weighted by molar-refractivity contribution is 5.89. The van der Waals surface area contributed by atoms with Crippen LogP contribution in [0.25, 0.3) is 10.8 Å². The maximum atomic E-state index is 14.1. The molecule has 4 nitrogen and oxygen atoms in total. The van der Waals surface area contributed by atoms with Crippen molar-refractivity contribution in [2.45, 2.75) is 52.3 Å². The molecule has 2 aromatic carbocycles. The van der Waals surface area contributed by atoms with Gasteiger partial charge in [0, 0.05) is 11.9 Å². The number of hydrogen-bond donors (Lipinski definition) is 1. The van der Waals surface area contributed by atoms with Gasteiger partial charge in [-0.3, -0.25) is 10.2 Å². The Bertz CT molecular complexity index is 880. The Kier molecular flexibility index (Phi) is 6.08. The number of rotatable bonds is 7. The molecule has 1 aliphatic rings. The zero-order valence-corrected chi connectivity index (χ0v) is 17.0. The van der Waals surface area contributed by atoms with E-state index in [1.807, 2.05) is 12.1 Å². The fourth-order valence-corrected chi connectivity index (χ4v) is 3.63. The molecule has 0 spiro atoms. The fourth-order valence-electron chi connectivity index (χ4n) is 3.63. The third-order valence-corrected chi connectivity index (χ3v) is 5.21. The summed E-state index contributed by atoms with van der Waals surface area (Å²) in [5.41, 5.74) is 1.58. The summed E-state index contributed by atoms with van der Waals surface area (Å²) >= 11 is 0. The van der Waals surface area contributed by atoms with Crippen molar-refractivity contribution in [3.63, 3.8) is 0 Å². The van der Waals surface area contributed by atoms with Crippen LogP contribution in [0, 0.1) is 5.41 Å². The molecule has 0 aromatic heterocycles. The van der Waals surface area contributed by atoms with E-state index in [-0.39, 0.29) is 12.1 Å². The van der Waals surface area contributed by atoms with Crippen LogP contribution in [0.2, 0.25) is 0 Å². The van der Waals surface area contributed by atoms with Gasteiger partial charge >= 0.3 is 6.18 Å². The number of amides is 1. The lowest BCUT2D eigenvalue weighted by Gasteiger charge is -2.30. The van der Waals surface area contributed by atoms with Gasteiger partial charge in [-0.25, -0.2) is 5.01 Å². The number of alkyl halides is 3. The minimum atomic E-state index is -4.56. The molecule has 29 heavy (non-hydrogen) atoms. The van der Waals surface area contributed by atoms with E-state index in [0.717, 1.165) is 29.7 Å². The molecule has 7 heteroatoms. The first kappa shape index (κ1) is 21.4. The van der Waals surface area contributed by atoms with E-state index in [1.165, 1.54) is 12.1 Å². The maximum Gasteiger partial charge on any atom is 0.409 e. The number of halogens is 3. The van der Waals surface area contributed by atoms with E-state index >= 15 is 0 Å². The van der Waals surface area contributed by atoms with Crippen LogP contribution >= 0.6 is 0 Å². The van der Waals surface area contributed by atoms with Gasteiger partial charge in [0.1, 0.15) is 11.8 Å². The van der Waals surface area contributed by atoms with E-state index in [9.17, 15) is 18.0 Å². The lowest BCUT2D eigenvalue weighted by atomic mass is 9.93. The predicted octanol–water partition coefficient (Wildman–Crippen LogP) is 5.39. The number of ether oxygens (including phenoxy) is 1. The van der Waals surface area contributed by atoms with Crippen molar-refractivity contribution in [3.8, 4) is 5.75 Å². The summed E-state index contributed by atoms with van der Waals surface area (Å²) in [5, 5.41) is 2.45. The number of unbranched alkanes of at least 4 members (excludes halogenated alkanes) is 2. The summed E-state index contributed by atoms with van der Waals surface area (Å²) in [7, 11) is 0. The third kappa shape index (κ3) is 4.66. The van der Waals surface area contributed by atoms with Crippen molar-refractivity contribution in [2.24, 2.45) is 5.41 Å². The van der Waals surface area contributed by atoms with Crippen LogP contribution in [-0.4, -0.2) is 30.2 Å². The SMILES string of the molecule is CCCCCOc1cc([C@H](N2CC(C)(C)C(=O)N2)C(F)(F)F)cc2ccccc12. The van der Waals surface area contributed by atoms with Crippen molar-refractivity contribution in [1.29, 1.82) is 0 Å². The number of benzene rings is 2. The van der Waals surface area contributed by atoms with Gasteiger partial charge in [0.25, 0.3) is 0 Å². The lowest BCUT2D eigenvalue weighted by Crippen LogP contribution is -2.43. The highest BCUT2D eigenvalue weighted by Crippen LogP contribution is 2.43. The fraction of sp³-hybridized carbons (Fsp3) is 0.500. The van der Waals surface area contributed by atoms with Crippen LogP contribution in [0.5, 0.6) is 5.75 Å². The quantitative estimate of drug-likeness (QED) is 0.625. The van der Waals surface area contributed by atoms with Crippen molar-refractivity contribution in [1.82, 2.24) is 10.4 Å². The van der Waals surface area contributed by atoms with Crippen molar-refractivity contribution in [3.05, 3.63) is 42.0 Å². The van der Waals surface area contributed by atoms with Crippen molar-refractivity contribution < 1.29 is 22.7 Å². The molecule has 0 bridgehead atoms. The summed E-state index contributed by atoms with van der Waals surface area (Å²) in [5.74, 6) is 0.0248. The van der Waals surface area contributed by atoms with Crippen LogP contribution in [0.3, 0.4) is 0 Å². The van der Waals surface area contributed by atoms with Gasteiger partial charge < -0.3 is 4.74 Å². The molecule has 1 atom stereocenters. The molecule has 0 radical (unpaired) electrons. The summed E-state index contributed by atoms with van der Waals surface area (Å²) in [6, 6.07) is 8.29. The first-order chi connectivity index (χ1) is 13.6. The van der Waals surface area contributed by atoms with Crippen LogP contribution in [-0.2, 0) is 4.79 Å². The first-order valence-electron chi connectivity index (χ1n) is 9.93. The summed E-state index contributed by atoms with van der Waals surface area (Å²) < 4.78 is 48.1. The van der Waals surface area contributed by atoms with Crippen LogP contribution in [0.15, 0.2) is 36.4 Å². The summed E-state index contributed by atoms with van der Waals surface area (Å²) in [4.78, 5) is 12.1. The van der Waals surface area contributed by atoms with E-state index in [1.54, 1.807) is 26.0 Å². The molecule has 1 heterocycles. The molecule has 3 rings (SSSR count). The van der Waals surface area contributed by atoms with Gasteiger partial charge in [0.05, 0.1) is 12.0 Å². The zero-order valence-electron chi connectivity index (χ0n) is 17.0. The standard InChI is InChI=1S/C22H27F3N2O2/c1-4-5-8-11-29-18-13-16(12-15-9-6-7-10-17(15)18)19(22(23,24)25)27-14-21(2,3)20(28)26-27/h6-7,9-10,12-13,19H,4-5,8,11,14H2,1-3H3,(H,26,28)/t19-/m0/s1. The summed E-state index contributed by atoms with van der Waals surface area (Å²) in [6.45, 7) is 5.77. The molecule has 1 aliphatic heterocycles. The van der Waals surface area contributed by atoms with Crippen molar-refractivity contribution in [2.75, 3.05) is 13.2 Å². The second-order valence-corrected chi connectivity index (χ2v) is 8.19. The molecule has 1 amide bonds. The largest absolute Gasteiger partial charge is 0.493 e. The molecular formula is C22H27F3N2O2. The number of nitrogens with zero attached hydrogens (tertiary/aromatic N) is 1. The second-order valence-electron chi connectivity index (χ2n) is 8.19. The average Bonchev–Trinajstić information content (AvgIpc) is 2.89. The van der Waals surface area contributed by atoms with Crippen LogP contribution < -0.4 is 10.2 Å². The number of nitrogens with one attached hydrogen (secondary N) is 1. The Hall–Kier alpha value is -2.28. The monoisotopic (exact) mass is 408 g/mol. The molecular weight excluding hydrogens is 381 g/mol. The van der Waals surface area contributed by atoms with E-state index in [2.05, 4.69) is 12.3 Å². The molecule has 0 aliphatic carbocycles. The number of carbonyl (C=O) groups excluding carboxylic acids is 1. The first-order valence-corrected chi connectivity index (χ1v) is 9.93. The van der Waals surface area contributed by atoms with Gasteiger partial charge in [-0.1, -0.05) is 44.0 Å². The van der Waals surface area contributed by atoms with Gasteiger partial charge in [0.2, 0.25) is 5.91 Å². The molecule has 1 fully saturated rings. The normalized spacial score (nSPS) is 18.1. The number of hydrogen-bond acceptors (Lipinski definition) is 3. The second kappa shape index (κ2) is 8.22. The van der Waals surface area contributed by atoms with E-state index in [4.69, 9.17) is 4.74 Å². The van der Waals surface area contributed by atoms with Crippen LogP contribution in [0.4, 0.5) is 13.2 Å². The van der Waals surface area contributed by atoms with Gasteiger partial charge in [-0.2, -0.15) is 13.2 Å². The molecule has 1 N–H and O–H groups in total. The van der Waals surface area contributed by atoms with E-state index < -0.39 is 23.5 Å². The number of carbonyl (C=O) groups is 1. The lowest BCUT2D eigenvalue weighted by molar-refractivity contribution is -0.191. The highest BCUT2D eigenvalue weighted by atomic mass is 19.4. The Labute approximate surface area is 169 Å². The summed E-state index contributed by atoms with van der Waals surface area (Å²) in [6.07, 6.45) is -1.69. The number of fused-ring (bicyclic) bond motifs is 1. The van der Waals surface area contributed by atoms with Crippen molar-refractivity contribution >= 4 is 16.7 Å². The molecule has 158 valence electrons. The Morgan fingerprint density at radius 2 is 1.93 bits per heavy atom. The highest BCUT2D eigenvalue weighted by Gasteiger charge is 2.51. The predicted molar refractivity (Wildman–Crippen MR) is 106 cm³/mol.